The lowest BCUT2D eigenvalue weighted by Gasteiger charge is -2.13. The molecule has 168 valence electrons. The van der Waals surface area contributed by atoms with Crippen molar-refractivity contribution in [1.82, 2.24) is 24.5 Å². The molecule has 1 unspecified atom stereocenters. The van der Waals surface area contributed by atoms with Crippen LogP contribution in [-0.4, -0.2) is 29.7 Å². The minimum Gasteiger partial charge on any atom is -0.384 e. The van der Waals surface area contributed by atoms with Crippen LogP contribution in [0.5, 0.6) is 0 Å². The van der Waals surface area contributed by atoms with E-state index in [2.05, 4.69) is 15.3 Å². The summed E-state index contributed by atoms with van der Waals surface area (Å²) in [6.07, 6.45) is 2.32. The van der Waals surface area contributed by atoms with Gasteiger partial charge in [-0.2, -0.15) is 10.2 Å². The summed E-state index contributed by atoms with van der Waals surface area (Å²) in [6.45, 7) is 0.310. The van der Waals surface area contributed by atoms with Crippen LogP contribution in [0, 0.1) is 5.82 Å². The number of aryl methyl sites for hydroxylation is 1. The van der Waals surface area contributed by atoms with Crippen molar-refractivity contribution < 1.29 is 9.50 Å². The molecule has 0 aliphatic rings. The van der Waals surface area contributed by atoms with Gasteiger partial charge in [-0.05, 0) is 29.3 Å². The first kappa shape index (κ1) is 20.3. The third-order valence-electron chi connectivity index (χ3n) is 6.44. The summed E-state index contributed by atoms with van der Waals surface area (Å²) in [5.41, 5.74) is 3.65. The Morgan fingerprint density at radius 1 is 1.03 bits per heavy atom. The molecule has 6 aromatic rings. The number of hydrogen-bond acceptors (Lipinski definition) is 4. The standard InChI is InChI=1S/C26H20FN5O2/c1-31-23-11-15(25(33)18-6-2-3-7-21(18)27)9-10-17(23)20-13-29-32(26(34)24(20)31)14-16-5-4-8-22-19(16)12-28-30-22/h2-13,25,33H,14H2,1H3,(H,28,30). The molecule has 0 bridgehead atoms. The third kappa shape index (κ3) is 3.03. The summed E-state index contributed by atoms with van der Waals surface area (Å²) in [7, 11) is 1.81. The number of nitrogens with one attached hydrogen (secondary N) is 1. The van der Waals surface area contributed by atoms with Gasteiger partial charge < -0.3 is 9.67 Å². The molecule has 3 heterocycles. The van der Waals surface area contributed by atoms with E-state index in [0.29, 0.717) is 17.6 Å². The average molecular weight is 453 g/mol. The number of H-pyrrole nitrogens is 1. The molecule has 34 heavy (non-hydrogen) atoms. The monoisotopic (exact) mass is 453 g/mol. The van der Waals surface area contributed by atoms with Crippen molar-refractivity contribution in [2.75, 3.05) is 0 Å². The molecule has 0 aliphatic carbocycles. The molecule has 1 atom stereocenters. The van der Waals surface area contributed by atoms with Crippen molar-refractivity contribution in [1.29, 1.82) is 0 Å². The predicted octanol–water partition coefficient (Wildman–Crippen LogP) is 4.03. The molecular weight excluding hydrogens is 433 g/mol. The molecule has 0 fully saturated rings. The molecule has 0 spiro atoms. The molecule has 0 radical (unpaired) electrons. The minimum absolute atomic E-state index is 0.207. The van der Waals surface area contributed by atoms with Crippen molar-refractivity contribution in [3.05, 3.63) is 106 Å². The average Bonchev–Trinajstić information content (AvgIpc) is 3.44. The summed E-state index contributed by atoms with van der Waals surface area (Å²) in [6, 6.07) is 17.4. The molecule has 0 amide bonds. The van der Waals surface area contributed by atoms with Gasteiger partial charge in [-0.25, -0.2) is 9.07 Å². The third-order valence-corrected chi connectivity index (χ3v) is 6.44. The number of fused-ring (bicyclic) bond motifs is 4. The van der Waals surface area contributed by atoms with E-state index in [1.165, 1.54) is 10.7 Å². The zero-order valence-corrected chi connectivity index (χ0v) is 18.2. The fraction of sp³-hybridized carbons (Fsp3) is 0.115. The van der Waals surface area contributed by atoms with Crippen LogP contribution in [0.2, 0.25) is 0 Å². The van der Waals surface area contributed by atoms with Crippen LogP contribution in [0.15, 0.2) is 77.9 Å². The van der Waals surface area contributed by atoms with E-state index < -0.39 is 11.9 Å². The Hall–Kier alpha value is -4.30. The molecule has 8 heteroatoms. The predicted molar refractivity (Wildman–Crippen MR) is 128 cm³/mol. The number of hydrogen-bond donors (Lipinski definition) is 2. The lowest BCUT2D eigenvalue weighted by Crippen LogP contribution is -2.24. The van der Waals surface area contributed by atoms with E-state index >= 15 is 0 Å². The van der Waals surface area contributed by atoms with Crippen molar-refractivity contribution in [2.24, 2.45) is 7.05 Å². The van der Waals surface area contributed by atoms with E-state index in [1.54, 1.807) is 47.3 Å². The molecule has 2 N–H and O–H groups in total. The molecule has 7 nitrogen and oxygen atoms in total. The maximum absolute atomic E-state index is 14.2. The van der Waals surface area contributed by atoms with Gasteiger partial charge in [0.1, 0.15) is 17.4 Å². The van der Waals surface area contributed by atoms with E-state index in [0.717, 1.165) is 32.8 Å². The first-order valence-corrected chi connectivity index (χ1v) is 10.8. The number of aromatic amines is 1. The Balaban J connectivity index is 1.47. The summed E-state index contributed by atoms with van der Waals surface area (Å²) >= 11 is 0. The van der Waals surface area contributed by atoms with Gasteiger partial charge in [0.15, 0.2) is 0 Å². The van der Waals surface area contributed by atoms with Crippen molar-refractivity contribution in [3.8, 4) is 0 Å². The number of nitrogens with zero attached hydrogens (tertiary/aromatic N) is 4. The molecule has 3 aromatic carbocycles. The number of rotatable bonds is 4. The fourth-order valence-electron chi connectivity index (χ4n) is 4.66. The second-order valence-corrected chi connectivity index (χ2v) is 8.38. The van der Waals surface area contributed by atoms with E-state index in [9.17, 15) is 14.3 Å². The highest BCUT2D eigenvalue weighted by atomic mass is 19.1. The van der Waals surface area contributed by atoms with E-state index in [4.69, 9.17) is 0 Å². The minimum atomic E-state index is -1.12. The Labute approximate surface area is 192 Å². The molecule has 6 rings (SSSR count). The first-order valence-electron chi connectivity index (χ1n) is 10.8. The topological polar surface area (TPSA) is 88.7 Å². The Morgan fingerprint density at radius 3 is 2.74 bits per heavy atom. The fourth-order valence-corrected chi connectivity index (χ4v) is 4.66. The molecular formula is C26H20FN5O2. The van der Waals surface area contributed by atoms with Crippen molar-refractivity contribution in [2.45, 2.75) is 12.6 Å². The molecule has 0 saturated heterocycles. The van der Waals surface area contributed by atoms with Gasteiger partial charge in [-0.1, -0.05) is 42.5 Å². The van der Waals surface area contributed by atoms with Crippen molar-refractivity contribution >= 4 is 32.7 Å². The number of benzene rings is 3. The van der Waals surface area contributed by atoms with Gasteiger partial charge in [0.25, 0.3) is 5.56 Å². The maximum atomic E-state index is 14.2. The largest absolute Gasteiger partial charge is 0.384 e. The summed E-state index contributed by atoms with van der Waals surface area (Å²) in [4.78, 5) is 13.4. The lowest BCUT2D eigenvalue weighted by atomic mass is 10.00. The Morgan fingerprint density at radius 2 is 1.88 bits per heavy atom. The number of halogens is 1. The number of aromatic nitrogens is 5. The Kier molecular flexibility index (Phi) is 4.56. The van der Waals surface area contributed by atoms with Gasteiger partial charge in [-0.3, -0.25) is 9.89 Å². The van der Waals surface area contributed by atoms with E-state index in [1.807, 2.05) is 31.3 Å². The van der Waals surface area contributed by atoms with Crippen LogP contribution in [0.4, 0.5) is 4.39 Å². The van der Waals surface area contributed by atoms with Gasteiger partial charge >= 0.3 is 0 Å². The van der Waals surface area contributed by atoms with Gasteiger partial charge in [0.2, 0.25) is 0 Å². The van der Waals surface area contributed by atoms with Gasteiger partial charge in [-0.15, -0.1) is 0 Å². The quantitative estimate of drug-likeness (QED) is 0.422. The van der Waals surface area contributed by atoms with Crippen LogP contribution in [0.25, 0.3) is 32.7 Å². The highest BCUT2D eigenvalue weighted by Gasteiger charge is 2.19. The van der Waals surface area contributed by atoms with Crippen LogP contribution in [0.3, 0.4) is 0 Å². The highest BCUT2D eigenvalue weighted by Crippen LogP contribution is 2.31. The summed E-state index contributed by atoms with van der Waals surface area (Å²) in [5.74, 6) is -0.466. The highest BCUT2D eigenvalue weighted by molar-refractivity contribution is 6.07. The second kappa shape index (κ2) is 7.64. The molecule has 0 saturated carbocycles. The zero-order valence-electron chi connectivity index (χ0n) is 18.2. The van der Waals surface area contributed by atoms with Crippen LogP contribution in [-0.2, 0) is 13.6 Å². The van der Waals surface area contributed by atoms with Crippen LogP contribution < -0.4 is 5.56 Å². The second-order valence-electron chi connectivity index (χ2n) is 8.38. The van der Waals surface area contributed by atoms with Crippen LogP contribution in [0.1, 0.15) is 22.8 Å². The normalized spacial score (nSPS) is 12.7. The SMILES string of the molecule is Cn1c2cc(C(O)c3ccccc3F)ccc2c2cnn(Cc3cccc4[nH]ncc34)c(=O)c21. The molecule has 3 aromatic heterocycles. The van der Waals surface area contributed by atoms with Gasteiger partial charge in [0.05, 0.1) is 24.5 Å². The number of aliphatic hydroxyl groups is 1. The molecule has 0 aliphatic heterocycles. The van der Waals surface area contributed by atoms with Crippen molar-refractivity contribution in [3.63, 3.8) is 0 Å². The summed E-state index contributed by atoms with van der Waals surface area (Å²) < 4.78 is 17.5. The van der Waals surface area contributed by atoms with E-state index in [-0.39, 0.29) is 11.1 Å². The summed E-state index contributed by atoms with van der Waals surface area (Å²) in [5, 5.41) is 24.8. The van der Waals surface area contributed by atoms with Crippen LogP contribution >= 0.6 is 0 Å². The lowest BCUT2D eigenvalue weighted by molar-refractivity contribution is 0.215. The maximum Gasteiger partial charge on any atom is 0.291 e. The number of aliphatic hydroxyl groups excluding tert-OH is 1. The smallest absolute Gasteiger partial charge is 0.291 e. The first-order chi connectivity index (χ1) is 16.5. The Bertz CT molecular complexity index is 1760. The van der Waals surface area contributed by atoms with Gasteiger partial charge in [0, 0.05) is 34.3 Å². The zero-order chi connectivity index (χ0) is 23.4.